The molecule has 0 saturated carbocycles. The Labute approximate surface area is 99.9 Å². The molecule has 0 radical (unpaired) electrons. The van der Waals surface area contributed by atoms with Gasteiger partial charge < -0.3 is 14.7 Å². The van der Waals surface area contributed by atoms with Gasteiger partial charge in [0, 0.05) is 11.7 Å². The molecule has 0 heterocycles. The van der Waals surface area contributed by atoms with E-state index in [2.05, 4.69) is 0 Å². The second-order valence-corrected chi connectivity index (χ2v) is 4.56. The summed E-state index contributed by atoms with van der Waals surface area (Å²) in [5.41, 5.74) is 0.680. The van der Waals surface area contributed by atoms with Crippen molar-refractivity contribution in [2.75, 3.05) is 13.2 Å². The third kappa shape index (κ3) is 4.69. The van der Waals surface area contributed by atoms with Gasteiger partial charge >= 0.3 is 5.97 Å². The summed E-state index contributed by atoms with van der Waals surface area (Å²) in [4.78, 5) is 20.3. The van der Waals surface area contributed by atoms with Gasteiger partial charge in [0.25, 0.3) is 0 Å². The highest BCUT2D eigenvalue weighted by Crippen LogP contribution is 2.17. The first-order chi connectivity index (χ1) is 8.15. The molecule has 1 atom stereocenters. The van der Waals surface area contributed by atoms with Gasteiger partial charge in [-0.2, -0.15) is 0 Å². The molecule has 2 N–H and O–H groups in total. The van der Waals surface area contributed by atoms with Crippen molar-refractivity contribution in [1.82, 2.24) is 0 Å². The van der Waals surface area contributed by atoms with Crippen molar-refractivity contribution in [3.8, 4) is 0 Å². The van der Waals surface area contributed by atoms with Gasteiger partial charge in [0.15, 0.2) is 0 Å². The number of carbonyl (C=O) groups excluding carboxylic acids is 1. The Morgan fingerprint density at radius 1 is 1.35 bits per heavy atom. The Balaban J connectivity index is 2.57. The van der Waals surface area contributed by atoms with Crippen molar-refractivity contribution in [1.29, 1.82) is 0 Å². The maximum absolute atomic E-state index is 11.2. The van der Waals surface area contributed by atoms with Gasteiger partial charge in [-0.15, -0.1) is 0 Å². The minimum absolute atomic E-state index is 0.0168. The zero-order chi connectivity index (χ0) is 12.7. The van der Waals surface area contributed by atoms with Gasteiger partial charge in [-0.05, 0) is 18.1 Å². The van der Waals surface area contributed by atoms with Crippen molar-refractivity contribution in [3.05, 3.63) is 29.8 Å². The van der Waals surface area contributed by atoms with Crippen LogP contribution >= 0.6 is 8.03 Å². The van der Waals surface area contributed by atoms with Gasteiger partial charge in [-0.25, -0.2) is 0 Å². The molecule has 1 unspecified atom stereocenters. The number of benzene rings is 1. The number of rotatable bonds is 6. The number of hydrogen-bond acceptors (Lipinski definition) is 4. The van der Waals surface area contributed by atoms with Crippen LogP contribution in [0.5, 0.6) is 0 Å². The fourth-order valence-corrected chi connectivity index (χ4v) is 2.14. The monoisotopic (exact) mass is 258 g/mol. The van der Waals surface area contributed by atoms with Crippen molar-refractivity contribution >= 4 is 19.3 Å². The van der Waals surface area contributed by atoms with E-state index < -0.39 is 14.0 Å². The summed E-state index contributed by atoms with van der Waals surface area (Å²) in [6, 6.07) is 6.73. The molecule has 5 nitrogen and oxygen atoms in total. The smallest absolute Gasteiger partial charge is 0.306 e. The van der Waals surface area contributed by atoms with Crippen LogP contribution in [0, 0.1) is 0 Å². The quantitative estimate of drug-likeness (QED) is 0.564. The Morgan fingerprint density at radius 3 is 2.71 bits per heavy atom. The predicted octanol–water partition coefficient (Wildman–Crippen LogP) is 0.247. The molecule has 6 heteroatoms. The first-order valence-corrected chi connectivity index (χ1v) is 6.58. The average Bonchev–Trinajstić information content (AvgIpc) is 2.34. The fourth-order valence-electron chi connectivity index (χ4n) is 1.42. The lowest BCUT2D eigenvalue weighted by Gasteiger charge is -2.06. The summed E-state index contributed by atoms with van der Waals surface area (Å²) < 4.78 is 15.8. The van der Waals surface area contributed by atoms with Gasteiger partial charge in [0.2, 0.25) is 8.03 Å². The predicted molar refractivity (Wildman–Crippen MR) is 63.7 cm³/mol. The Kier molecular flexibility index (Phi) is 5.91. The first kappa shape index (κ1) is 13.9. The minimum atomic E-state index is -2.75. The van der Waals surface area contributed by atoms with Crippen LogP contribution in [0.15, 0.2) is 24.3 Å². The number of ether oxygens (including phenoxy) is 1. The summed E-state index contributed by atoms with van der Waals surface area (Å²) in [5.74, 6) is -0.425. The molecule has 0 aliphatic heterocycles. The van der Waals surface area contributed by atoms with E-state index in [1.54, 1.807) is 24.3 Å². The molecular formula is C11H15O5P. The summed E-state index contributed by atoms with van der Waals surface area (Å²) in [6.45, 7) is -0.219. The van der Waals surface area contributed by atoms with E-state index >= 15 is 0 Å². The molecule has 1 rings (SSSR count). The molecular weight excluding hydrogens is 243 g/mol. The summed E-state index contributed by atoms with van der Waals surface area (Å²) in [7, 11) is -2.75. The highest BCUT2D eigenvalue weighted by atomic mass is 31.1. The molecule has 0 amide bonds. The first-order valence-electron chi connectivity index (χ1n) is 5.23. The zero-order valence-corrected chi connectivity index (χ0v) is 10.3. The number of aliphatic hydroxyl groups is 1. The molecule has 0 bridgehead atoms. The normalized spacial score (nSPS) is 12.1. The van der Waals surface area contributed by atoms with Crippen LogP contribution in [0.25, 0.3) is 0 Å². The van der Waals surface area contributed by atoms with Crippen LogP contribution in [-0.2, 0) is 20.5 Å². The molecule has 0 saturated heterocycles. The van der Waals surface area contributed by atoms with Gasteiger partial charge in [-0.1, -0.05) is 18.2 Å². The van der Waals surface area contributed by atoms with E-state index in [0.717, 1.165) is 0 Å². The highest BCUT2D eigenvalue weighted by molar-refractivity contribution is 7.47. The minimum Gasteiger partial charge on any atom is -0.463 e. The summed E-state index contributed by atoms with van der Waals surface area (Å²) in [6.07, 6.45) is 0.490. The van der Waals surface area contributed by atoms with Crippen LogP contribution in [0.3, 0.4) is 0 Å². The van der Waals surface area contributed by atoms with Gasteiger partial charge in [0.1, 0.15) is 6.61 Å². The van der Waals surface area contributed by atoms with Crippen molar-refractivity contribution in [3.63, 3.8) is 0 Å². The Hall–Kier alpha value is -1.16. The molecule has 17 heavy (non-hydrogen) atoms. The maximum atomic E-state index is 11.2. The Bertz CT molecular complexity index is 405. The van der Waals surface area contributed by atoms with Crippen molar-refractivity contribution in [2.24, 2.45) is 0 Å². The lowest BCUT2D eigenvalue weighted by atomic mass is 10.1. The van der Waals surface area contributed by atoms with Crippen LogP contribution < -0.4 is 5.30 Å². The van der Waals surface area contributed by atoms with E-state index in [1.165, 1.54) is 0 Å². The number of esters is 1. The topological polar surface area (TPSA) is 83.8 Å². The second kappa shape index (κ2) is 7.22. The number of aryl methyl sites for hydroxylation is 1. The van der Waals surface area contributed by atoms with Crippen molar-refractivity contribution < 1.29 is 24.1 Å². The van der Waals surface area contributed by atoms with E-state index in [4.69, 9.17) is 14.7 Å². The summed E-state index contributed by atoms with van der Waals surface area (Å²) >= 11 is 0. The lowest BCUT2D eigenvalue weighted by molar-refractivity contribution is -0.144. The standard InChI is InChI=1S/C11H15O5P/c12-7-8-16-11(13)6-5-9-3-1-2-4-10(9)17(14)15/h1-4,12,17H,5-8H2,(H,14,15). The Morgan fingerprint density at radius 2 is 2.06 bits per heavy atom. The average molecular weight is 258 g/mol. The van der Waals surface area contributed by atoms with Crippen molar-refractivity contribution in [2.45, 2.75) is 12.8 Å². The van der Waals surface area contributed by atoms with E-state index in [1.807, 2.05) is 0 Å². The molecule has 0 aliphatic rings. The van der Waals surface area contributed by atoms with Crippen LogP contribution in [-0.4, -0.2) is 29.2 Å². The SMILES string of the molecule is O=C(CCc1ccccc1[PH](=O)O)OCCO. The largest absolute Gasteiger partial charge is 0.463 e. The van der Waals surface area contributed by atoms with E-state index in [-0.39, 0.29) is 19.6 Å². The maximum Gasteiger partial charge on any atom is 0.306 e. The molecule has 94 valence electrons. The number of aliphatic hydroxyl groups excluding tert-OH is 1. The fraction of sp³-hybridized carbons (Fsp3) is 0.364. The molecule has 0 spiro atoms. The van der Waals surface area contributed by atoms with Gasteiger partial charge in [-0.3, -0.25) is 9.36 Å². The third-order valence-corrected chi connectivity index (χ3v) is 3.15. The molecule has 0 fully saturated rings. The summed E-state index contributed by atoms with van der Waals surface area (Å²) in [5, 5.41) is 8.85. The zero-order valence-electron chi connectivity index (χ0n) is 9.26. The van der Waals surface area contributed by atoms with Crippen LogP contribution in [0.1, 0.15) is 12.0 Å². The second-order valence-electron chi connectivity index (χ2n) is 3.41. The van der Waals surface area contributed by atoms with E-state index in [9.17, 15) is 9.36 Å². The van der Waals surface area contributed by atoms with Crippen LogP contribution in [0.4, 0.5) is 0 Å². The van der Waals surface area contributed by atoms with E-state index in [0.29, 0.717) is 17.3 Å². The third-order valence-electron chi connectivity index (χ3n) is 2.20. The number of hydrogen-bond donors (Lipinski definition) is 2. The molecule has 0 aliphatic carbocycles. The number of carbonyl (C=O) groups is 1. The molecule has 1 aromatic carbocycles. The van der Waals surface area contributed by atoms with Gasteiger partial charge in [0.05, 0.1) is 6.61 Å². The molecule has 1 aromatic rings. The van der Waals surface area contributed by atoms with Crippen LogP contribution in [0.2, 0.25) is 0 Å². The lowest BCUT2D eigenvalue weighted by Crippen LogP contribution is -2.12. The highest BCUT2D eigenvalue weighted by Gasteiger charge is 2.09. The molecule has 0 aromatic heterocycles.